The lowest BCUT2D eigenvalue weighted by Crippen LogP contribution is -2.25. The summed E-state index contributed by atoms with van der Waals surface area (Å²) in [6, 6.07) is 5.10. The molecule has 3 N–H and O–H groups in total. The van der Waals surface area contributed by atoms with E-state index in [0.717, 1.165) is 11.3 Å². The Morgan fingerprint density at radius 3 is 2.90 bits per heavy atom. The van der Waals surface area contributed by atoms with E-state index in [4.69, 9.17) is 5.11 Å². The van der Waals surface area contributed by atoms with Gasteiger partial charge in [0.05, 0.1) is 12.3 Å². The number of carboxylic acids is 1. The third kappa shape index (κ3) is 3.81. The third-order valence-electron chi connectivity index (χ3n) is 3.51. The smallest absolute Gasteiger partial charge is 0.306 e. The van der Waals surface area contributed by atoms with Crippen molar-refractivity contribution in [2.45, 2.75) is 26.2 Å². The van der Waals surface area contributed by atoms with Gasteiger partial charge >= 0.3 is 5.97 Å². The molecule has 2 rings (SSSR count). The molecule has 0 saturated heterocycles. The lowest BCUT2D eigenvalue weighted by atomic mass is 10.1. The Kier molecular flexibility index (Phi) is 4.57. The molecule has 6 heteroatoms. The summed E-state index contributed by atoms with van der Waals surface area (Å²) in [5.41, 5.74) is 2.09. The van der Waals surface area contributed by atoms with Crippen LogP contribution in [0.1, 0.15) is 35.7 Å². The Bertz CT molecular complexity index is 583. The number of hydrogen-bond acceptors (Lipinski definition) is 3. The second-order valence-electron chi connectivity index (χ2n) is 5.23. The van der Waals surface area contributed by atoms with Crippen LogP contribution < -0.4 is 10.6 Å². The summed E-state index contributed by atoms with van der Waals surface area (Å²) in [5.74, 6) is -1.50. The van der Waals surface area contributed by atoms with Crippen molar-refractivity contribution < 1.29 is 19.5 Å². The summed E-state index contributed by atoms with van der Waals surface area (Å²) < 4.78 is 0. The van der Waals surface area contributed by atoms with Crippen molar-refractivity contribution in [1.82, 2.24) is 5.32 Å². The predicted molar refractivity (Wildman–Crippen MR) is 77.1 cm³/mol. The number of carbonyl (C=O) groups is 3. The number of nitrogens with one attached hydrogen (secondary N) is 2. The Labute approximate surface area is 122 Å². The first-order valence-electron chi connectivity index (χ1n) is 6.91. The van der Waals surface area contributed by atoms with E-state index in [1.165, 1.54) is 0 Å². The fourth-order valence-electron chi connectivity index (χ4n) is 2.21. The Balaban J connectivity index is 1.83. The van der Waals surface area contributed by atoms with Crippen molar-refractivity contribution >= 4 is 23.5 Å². The zero-order valence-corrected chi connectivity index (χ0v) is 11.8. The van der Waals surface area contributed by atoms with Crippen molar-refractivity contribution in [3.8, 4) is 0 Å². The molecule has 0 aromatic heterocycles. The Hall–Kier alpha value is -2.37. The quantitative estimate of drug-likeness (QED) is 0.690. The molecule has 2 amide bonds. The molecule has 112 valence electrons. The predicted octanol–water partition coefficient (Wildman–Crippen LogP) is 1.41. The maximum absolute atomic E-state index is 12.0. The van der Waals surface area contributed by atoms with Crippen LogP contribution in [0.3, 0.4) is 0 Å². The Morgan fingerprint density at radius 2 is 2.19 bits per heavy atom. The van der Waals surface area contributed by atoms with E-state index < -0.39 is 11.9 Å². The van der Waals surface area contributed by atoms with Gasteiger partial charge < -0.3 is 15.7 Å². The van der Waals surface area contributed by atoms with Gasteiger partial charge in [-0.05, 0) is 36.6 Å². The van der Waals surface area contributed by atoms with E-state index in [2.05, 4.69) is 10.6 Å². The zero-order chi connectivity index (χ0) is 15.4. The molecule has 1 unspecified atom stereocenters. The first-order chi connectivity index (χ1) is 9.97. The van der Waals surface area contributed by atoms with E-state index in [9.17, 15) is 14.4 Å². The monoisotopic (exact) mass is 290 g/mol. The highest BCUT2D eigenvalue weighted by Gasteiger charge is 2.19. The van der Waals surface area contributed by atoms with Gasteiger partial charge in [-0.1, -0.05) is 6.92 Å². The number of benzene rings is 1. The molecule has 6 nitrogen and oxygen atoms in total. The first-order valence-corrected chi connectivity index (χ1v) is 6.91. The maximum atomic E-state index is 12.0. The second kappa shape index (κ2) is 6.39. The summed E-state index contributed by atoms with van der Waals surface area (Å²) in [6.07, 6.45) is 1.44. The van der Waals surface area contributed by atoms with E-state index in [0.29, 0.717) is 31.4 Å². The number of anilines is 1. The molecular formula is C15H18N2O4. The van der Waals surface area contributed by atoms with Crippen LogP contribution in [0.4, 0.5) is 5.69 Å². The number of hydrogen-bond donors (Lipinski definition) is 3. The Morgan fingerprint density at radius 1 is 1.43 bits per heavy atom. The highest BCUT2D eigenvalue weighted by atomic mass is 16.4. The molecule has 21 heavy (non-hydrogen) atoms. The van der Waals surface area contributed by atoms with Gasteiger partial charge in [-0.25, -0.2) is 0 Å². The van der Waals surface area contributed by atoms with Crippen LogP contribution in [0.15, 0.2) is 18.2 Å². The van der Waals surface area contributed by atoms with Crippen LogP contribution >= 0.6 is 0 Å². The minimum atomic E-state index is -0.822. The van der Waals surface area contributed by atoms with E-state index in [1.807, 2.05) is 0 Å². The minimum Gasteiger partial charge on any atom is -0.481 e. The van der Waals surface area contributed by atoms with Gasteiger partial charge in [0.2, 0.25) is 5.91 Å². The number of rotatable bonds is 6. The molecule has 0 aliphatic carbocycles. The molecule has 1 aliphatic rings. The van der Waals surface area contributed by atoms with Gasteiger partial charge in [-0.15, -0.1) is 0 Å². The minimum absolute atomic E-state index is 0.0646. The van der Waals surface area contributed by atoms with Crippen molar-refractivity contribution in [2.75, 3.05) is 11.9 Å². The van der Waals surface area contributed by atoms with Gasteiger partial charge in [-0.3, -0.25) is 14.4 Å². The summed E-state index contributed by atoms with van der Waals surface area (Å²) >= 11 is 0. The molecule has 0 spiro atoms. The van der Waals surface area contributed by atoms with Gasteiger partial charge in [0, 0.05) is 17.8 Å². The van der Waals surface area contributed by atoms with Crippen molar-refractivity contribution in [3.05, 3.63) is 29.3 Å². The molecule has 1 aliphatic heterocycles. The SMILES string of the molecule is CC(CCCNC(=O)c1ccc2c(c1)CC(=O)N2)C(=O)O. The van der Waals surface area contributed by atoms with Crippen molar-refractivity contribution in [3.63, 3.8) is 0 Å². The molecular weight excluding hydrogens is 272 g/mol. The summed E-state index contributed by atoms with van der Waals surface area (Å²) in [4.78, 5) is 33.9. The normalized spacial score (nSPS) is 14.2. The standard InChI is InChI=1S/C15H18N2O4/c1-9(15(20)21)3-2-6-16-14(19)10-4-5-12-11(7-10)8-13(18)17-12/h4-5,7,9H,2-3,6,8H2,1H3,(H,16,19)(H,17,18)(H,20,21). The number of fused-ring (bicyclic) bond motifs is 1. The maximum Gasteiger partial charge on any atom is 0.306 e. The molecule has 1 aromatic carbocycles. The molecule has 1 atom stereocenters. The van der Waals surface area contributed by atoms with E-state index in [1.54, 1.807) is 25.1 Å². The van der Waals surface area contributed by atoms with Gasteiger partial charge in [0.25, 0.3) is 5.91 Å². The van der Waals surface area contributed by atoms with Crippen LogP contribution in [0.5, 0.6) is 0 Å². The lowest BCUT2D eigenvalue weighted by Gasteiger charge is -2.08. The topological polar surface area (TPSA) is 95.5 Å². The number of aliphatic carboxylic acids is 1. The molecule has 0 radical (unpaired) electrons. The summed E-state index contributed by atoms with van der Waals surface area (Å²) in [7, 11) is 0. The van der Waals surface area contributed by atoms with E-state index >= 15 is 0 Å². The van der Waals surface area contributed by atoms with Gasteiger partial charge in [0.15, 0.2) is 0 Å². The van der Waals surface area contributed by atoms with Crippen LogP contribution in [0.2, 0.25) is 0 Å². The van der Waals surface area contributed by atoms with Crippen molar-refractivity contribution in [1.29, 1.82) is 0 Å². The van der Waals surface area contributed by atoms with Crippen molar-refractivity contribution in [2.24, 2.45) is 5.92 Å². The summed E-state index contributed by atoms with van der Waals surface area (Å²) in [6.45, 7) is 2.08. The molecule has 1 aromatic rings. The van der Waals surface area contributed by atoms with Gasteiger partial charge in [-0.2, -0.15) is 0 Å². The number of carboxylic acid groups (broad SMARTS) is 1. The highest BCUT2D eigenvalue weighted by molar-refractivity contribution is 6.01. The third-order valence-corrected chi connectivity index (χ3v) is 3.51. The summed E-state index contributed by atoms with van der Waals surface area (Å²) in [5, 5.41) is 14.2. The molecule has 0 saturated carbocycles. The lowest BCUT2D eigenvalue weighted by molar-refractivity contribution is -0.141. The van der Waals surface area contributed by atoms with Gasteiger partial charge in [0.1, 0.15) is 0 Å². The second-order valence-corrected chi connectivity index (χ2v) is 5.23. The van der Waals surface area contributed by atoms with E-state index in [-0.39, 0.29) is 11.8 Å². The largest absolute Gasteiger partial charge is 0.481 e. The fraction of sp³-hybridized carbons (Fsp3) is 0.400. The molecule has 0 fully saturated rings. The van der Waals surface area contributed by atoms with Crippen LogP contribution in [-0.2, 0) is 16.0 Å². The average molecular weight is 290 g/mol. The highest BCUT2D eigenvalue weighted by Crippen LogP contribution is 2.23. The number of amides is 2. The average Bonchev–Trinajstić information content (AvgIpc) is 2.81. The van der Waals surface area contributed by atoms with Crippen LogP contribution in [0, 0.1) is 5.92 Å². The molecule has 1 heterocycles. The van der Waals surface area contributed by atoms with Crippen LogP contribution in [0.25, 0.3) is 0 Å². The number of carbonyl (C=O) groups excluding carboxylic acids is 2. The fourth-order valence-corrected chi connectivity index (χ4v) is 2.21. The zero-order valence-electron chi connectivity index (χ0n) is 11.8. The molecule has 0 bridgehead atoms. The van der Waals surface area contributed by atoms with Crippen LogP contribution in [-0.4, -0.2) is 29.4 Å². The first kappa shape index (κ1) is 15.0.